The van der Waals surface area contributed by atoms with E-state index in [4.69, 9.17) is 21.1 Å². The summed E-state index contributed by atoms with van der Waals surface area (Å²) in [5.41, 5.74) is 0. The molecule has 1 aromatic rings. The van der Waals surface area contributed by atoms with E-state index in [0.29, 0.717) is 0 Å². The van der Waals surface area contributed by atoms with Crippen LogP contribution in [-0.4, -0.2) is 18.8 Å². The number of rotatable bonds is 3. The zero-order valence-electron chi connectivity index (χ0n) is 7.37. The molecule has 3 heteroatoms. The lowest BCUT2D eigenvalue weighted by Crippen LogP contribution is -2.18. The van der Waals surface area contributed by atoms with E-state index in [1.807, 2.05) is 31.2 Å². The van der Waals surface area contributed by atoms with Gasteiger partial charge in [0.15, 0.2) is 0 Å². The maximum atomic E-state index is 5.74. The fraction of sp³-hybridized carbons (Fsp3) is 0.400. The number of ether oxygens (including phenoxy) is 2. The molecule has 0 unspecified atom stereocenters. The van der Waals surface area contributed by atoms with Crippen LogP contribution in [0.2, 0.25) is 5.02 Å². The van der Waals surface area contributed by atoms with Gasteiger partial charge in [0.1, 0.15) is 18.0 Å². The Labute approximate surface area is 82.4 Å². The number of hydrogen-bond acceptors (Lipinski definition) is 2. The van der Waals surface area contributed by atoms with Gasteiger partial charge in [-0.05, 0) is 31.2 Å². The molecule has 1 heterocycles. The highest BCUT2D eigenvalue weighted by molar-refractivity contribution is 6.30. The molecule has 1 fully saturated rings. The maximum absolute atomic E-state index is 5.74. The molecule has 2 rings (SSSR count). The SMILES string of the molecule is C[C@@H](Oc1ccc(Cl)cc1)[C@@H]1CO1. The van der Waals surface area contributed by atoms with Crippen LogP contribution in [0.15, 0.2) is 24.3 Å². The van der Waals surface area contributed by atoms with Crippen molar-refractivity contribution in [3.05, 3.63) is 29.3 Å². The van der Waals surface area contributed by atoms with Crippen molar-refractivity contribution >= 4 is 11.6 Å². The van der Waals surface area contributed by atoms with Crippen molar-refractivity contribution in [1.82, 2.24) is 0 Å². The maximum Gasteiger partial charge on any atom is 0.124 e. The van der Waals surface area contributed by atoms with E-state index in [1.165, 1.54) is 0 Å². The van der Waals surface area contributed by atoms with E-state index >= 15 is 0 Å². The summed E-state index contributed by atoms with van der Waals surface area (Å²) in [6.07, 6.45) is 0.400. The molecule has 0 radical (unpaired) electrons. The largest absolute Gasteiger partial charge is 0.488 e. The summed E-state index contributed by atoms with van der Waals surface area (Å²) in [6.45, 7) is 2.82. The minimum absolute atomic E-state index is 0.126. The summed E-state index contributed by atoms with van der Waals surface area (Å²) < 4.78 is 10.7. The minimum Gasteiger partial charge on any atom is -0.488 e. The van der Waals surface area contributed by atoms with Crippen molar-refractivity contribution in [2.45, 2.75) is 19.1 Å². The summed E-state index contributed by atoms with van der Waals surface area (Å²) in [6, 6.07) is 7.36. The predicted molar refractivity (Wildman–Crippen MR) is 51.3 cm³/mol. The fourth-order valence-corrected chi connectivity index (χ4v) is 1.26. The normalized spacial score (nSPS) is 22.5. The third-order valence-corrected chi connectivity index (χ3v) is 2.27. The molecule has 0 bridgehead atoms. The van der Waals surface area contributed by atoms with Crippen LogP contribution in [0, 0.1) is 0 Å². The van der Waals surface area contributed by atoms with Crippen LogP contribution in [0.5, 0.6) is 5.75 Å². The van der Waals surface area contributed by atoms with Gasteiger partial charge in [-0.3, -0.25) is 0 Å². The third kappa shape index (κ3) is 2.36. The first-order chi connectivity index (χ1) is 6.25. The minimum atomic E-state index is 0.126. The van der Waals surface area contributed by atoms with Gasteiger partial charge in [0, 0.05) is 5.02 Å². The molecule has 0 amide bonds. The molecule has 0 aromatic heterocycles. The molecule has 0 spiro atoms. The quantitative estimate of drug-likeness (QED) is 0.697. The first kappa shape index (κ1) is 8.85. The van der Waals surface area contributed by atoms with Crippen LogP contribution in [0.4, 0.5) is 0 Å². The zero-order chi connectivity index (χ0) is 9.26. The van der Waals surface area contributed by atoms with E-state index in [9.17, 15) is 0 Å². The summed E-state index contributed by atoms with van der Waals surface area (Å²) >= 11 is 5.74. The first-order valence-corrected chi connectivity index (χ1v) is 4.67. The molecular weight excluding hydrogens is 188 g/mol. The molecule has 1 saturated heterocycles. The molecule has 1 aliphatic rings. The van der Waals surface area contributed by atoms with Crippen LogP contribution in [-0.2, 0) is 4.74 Å². The molecule has 1 aromatic carbocycles. The molecule has 0 saturated carbocycles. The lowest BCUT2D eigenvalue weighted by molar-refractivity contribution is 0.176. The van der Waals surface area contributed by atoms with E-state index in [0.717, 1.165) is 17.4 Å². The van der Waals surface area contributed by atoms with Gasteiger partial charge in [0.2, 0.25) is 0 Å². The highest BCUT2D eigenvalue weighted by Gasteiger charge is 2.30. The number of benzene rings is 1. The highest BCUT2D eigenvalue weighted by atomic mass is 35.5. The van der Waals surface area contributed by atoms with Gasteiger partial charge in [-0.25, -0.2) is 0 Å². The second kappa shape index (κ2) is 3.56. The molecule has 0 N–H and O–H groups in total. The smallest absolute Gasteiger partial charge is 0.124 e. The van der Waals surface area contributed by atoms with Gasteiger partial charge in [-0.2, -0.15) is 0 Å². The van der Waals surface area contributed by atoms with Crippen LogP contribution in [0.3, 0.4) is 0 Å². The van der Waals surface area contributed by atoms with Gasteiger partial charge >= 0.3 is 0 Å². The average molecular weight is 199 g/mol. The molecule has 0 aliphatic carbocycles. The van der Waals surface area contributed by atoms with E-state index < -0.39 is 0 Å². The van der Waals surface area contributed by atoms with Crippen molar-refractivity contribution in [2.75, 3.05) is 6.61 Å². The Hall–Kier alpha value is -0.730. The second-order valence-corrected chi connectivity index (χ2v) is 3.59. The lowest BCUT2D eigenvalue weighted by atomic mass is 10.3. The van der Waals surface area contributed by atoms with Gasteiger partial charge in [0.05, 0.1) is 6.61 Å². The highest BCUT2D eigenvalue weighted by Crippen LogP contribution is 2.21. The molecule has 1 aliphatic heterocycles. The Morgan fingerprint density at radius 3 is 2.62 bits per heavy atom. The van der Waals surface area contributed by atoms with Gasteiger partial charge in [-0.15, -0.1) is 0 Å². The topological polar surface area (TPSA) is 21.8 Å². The van der Waals surface area contributed by atoms with Crippen molar-refractivity contribution in [1.29, 1.82) is 0 Å². The van der Waals surface area contributed by atoms with Gasteiger partial charge in [-0.1, -0.05) is 11.6 Å². The molecular formula is C10H11ClO2. The third-order valence-electron chi connectivity index (χ3n) is 2.02. The Morgan fingerprint density at radius 1 is 1.46 bits per heavy atom. The van der Waals surface area contributed by atoms with Crippen molar-refractivity contribution in [3.8, 4) is 5.75 Å². The molecule has 70 valence electrons. The standard InChI is InChI=1S/C10H11ClO2/c1-7(10-6-12-10)13-9-4-2-8(11)3-5-9/h2-5,7,10H,6H2,1H3/t7-,10+/m1/s1. The average Bonchev–Trinajstić information content (AvgIpc) is 2.91. The first-order valence-electron chi connectivity index (χ1n) is 4.29. The van der Waals surface area contributed by atoms with Crippen LogP contribution < -0.4 is 4.74 Å². The molecule has 2 atom stereocenters. The van der Waals surface area contributed by atoms with Crippen LogP contribution in [0.25, 0.3) is 0 Å². The Bertz CT molecular complexity index is 279. The van der Waals surface area contributed by atoms with Crippen LogP contribution in [0.1, 0.15) is 6.92 Å². The van der Waals surface area contributed by atoms with E-state index in [2.05, 4.69) is 0 Å². The van der Waals surface area contributed by atoms with Gasteiger partial charge < -0.3 is 9.47 Å². The van der Waals surface area contributed by atoms with Crippen LogP contribution >= 0.6 is 11.6 Å². The van der Waals surface area contributed by atoms with E-state index in [1.54, 1.807) is 0 Å². The zero-order valence-corrected chi connectivity index (χ0v) is 8.12. The van der Waals surface area contributed by atoms with E-state index in [-0.39, 0.29) is 12.2 Å². The molecule has 13 heavy (non-hydrogen) atoms. The van der Waals surface area contributed by atoms with Gasteiger partial charge in [0.25, 0.3) is 0 Å². The second-order valence-electron chi connectivity index (χ2n) is 3.15. The molecule has 2 nitrogen and oxygen atoms in total. The number of epoxide rings is 1. The number of halogens is 1. The fourth-order valence-electron chi connectivity index (χ4n) is 1.13. The predicted octanol–water partition coefficient (Wildman–Crippen LogP) is 2.51. The monoisotopic (exact) mass is 198 g/mol. The summed E-state index contributed by atoms with van der Waals surface area (Å²) in [7, 11) is 0. The summed E-state index contributed by atoms with van der Waals surface area (Å²) in [4.78, 5) is 0. The lowest BCUT2D eigenvalue weighted by Gasteiger charge is -2.11. The van der Waals surface area contributed by atoms with Crippen molar-refractivity contribution < 1.29 is 9.47 Å². The summed E-state index contributed by atoms with van der Waals surface area (Å²) in [5, 5.41) is 0.725. The Morgan fingerprint density at radius 2 is 2.08 bits per heavy atom. The summed E-state index contributed by atoms with van der Waals surface area (Å²) in [5.74, 6) is 0.840. The Kier molecular flexibility index (Phi) is 2.42. The van der Waals surface area contributed by atoms with Crippen molar-refractivity contribution in [3.63, 3.8) is 0 Å². The van der Waals surface area contributed by atoms with Crippen molar-refractivity contribution in [2.24, 2.45) is 0 Å². The number of hydrogen-bond donors (Lipinski definition) is 0. The Balaban J connectivity index is 1.96.